The Balaban J connectivity index is 1.41. The Morgan fingerprint density at radius 1 is 0.961 bits per heavy atom. The topological polar surface area (TPSA) is 242 Å². The van der Waals surface area contributed by atoms with E-state index in [1.807, 2.05) is 24.4 Å². The predicted molar refractivity (Wildman–Crippen MR) is 189 cm³/mol. The van der Waals surface area contributed by atoms with Gasteiger partial charge in [0, 0.05) is 43.1 Å². The number of hydrogen-bond acceptors (Lipinski definition) is 7. The maximum atomic E-state index is 13.9. The molecule has 3 aromatic rings. The third-order valence-corrected chi connectivity index (χ3v) is 9.75. The van der Waals surface area contributed by atoms with Gasteiger partial charge in [0.05, 0.1) is 19.7 Å². The standard InChI is InChI=1S/C35H47N6O9P/c1-22(42)39-29(17-23-8-10-24(11-9-23)21-51(47,48)49)33(45)41-35(14-4-3-5-15-35)34(46)40-30(19-31(36)43)32(44)37-16-6-7-25-20-38-28-18-26(50-2)12-13-27(25)28/h8-13,18,20,29-30,38H,3-7,14-17,19,21H2,1-2H3,(H2,36,43)(H,37,44)(H,39,42)(H,40,46)(H,41,45)(H2,47,48,49)/t29-,30-/m0/s1. The zero-order valence-corrected chi connectivity index (χ0v) is 29.7. The van der Waals surface area contributed by atoms with E-state index in [0.29, 0.717) is 36.8 Å². The second-order valence-electron chi connectivity index (χ2n) is 13.0. The van der Waals surface area contributed by atoms with E-state index < -0.39 is 67.3 Å². The number of rotatable bonds is 17. The van der Waals surface area contributed by atoms with Gasteiger partial charge in [-0.3, -0.25) is 28.5 Å². The third kappa shape index (κ3) is 11.4. The fourth-order valence-corrected chi connectivity index (χ4v) is 7.10. The van der Waals surface area contributed by atoms with Crippen LogP contribution in [0.2, 0.25) is 0 Å². The predicted octanol–water partition coefficient (Wildman–Crippen LogP) is 1.83. The molecule has 0 bridgehead atoms. The van der Waals surface area contributed by atoms with E-state index in [2.05, 4.69) is 26.3 Å². The smallest absolute Gasteiger partial charge is 0.329 e. The molecule has 15 nitrogen and oxygen atoms in total. The Morgan fingerprint density at radius 2 is 1.65 bits per heavy atom. The summed E-state index contributed by atoms with van der Waals surface area (Å²) in [6.07, 6.45) is 4.91. The molecule has 5 amide bonds. The molecule has 2 atom stereocenters. The van der Waals surface area contributed by atoms with Crippen LogP contribution in [-0.2, 0) is 47.5 Å². The minimum absolute atomic E-state index is 0.0404. The van der Waals surface area contributed by atoms with Gasteiger partial charge in [-0.15, -0.1) is 0 Å². The Bertz CT molecular complexity index is 1760. The summed E-state index contributed by atoms with van der Waals surface area (Å²) in [5, 5.41) is 12.0. The number of aromatic nitrogens is 1. The zero-order valence-electron chi connectivity index (χ0n) is 28.8. The normalized spacial score (nSPS) is 15.3. The average molecular weight is 727 g/mol. The number of nitrogens with one attached hydrogen (secondary N) is 5. The number of fused-ring (bicyclic) bond motifs is 1. The molecule has 0 aliphatic heterocycles. The molecule has 0 radical (unpaired) electrons. The number of ether oxygens (including phenoxy) is 1. The molecule has 1 aromatic heterocycles. The van der Waals surface area contributed by atoms with E-state index in [0.717, 1.165) is 28.6 Å². The molecule has 1 aliphatic rings. The molecular weight excluding hydrogens is 679 g/mol. The van der Waals surface area contributed by atoms with Gasteiger partial charge >= 0.3 is 7.60 Å². The molecule has 0 saturated heterocycles. The number of primary amides is 1. The highest BCUT2D eigenvalue weighted by atomic mass is 31.2. The van der Waals surface area contributed by atoms with E-state index in [1.165, 1.54) is 19.1 Å². The lowest BCUT2D eigenvalue weighted by Gasteiger charge is -2.38. The SMILES string of the molecule is COc1ccc2c(CCCNC(=O)[C@H](CC(N)=O)NC(=O)C3(NC(=O)[C@H](Cc4ccc(CP(=O)(O)O)cc4)NC(C)=O)CCCCC3)c[nH]c2c1. The number of carbonyl (C=O) groups is 5. The minimum atomic E-state index is -4.27. The van der Waals surface area contributed by atoms with Crippen molar-refractivity contribution in [2.45, 2.75) is 88.5 Å². The summed E-state index contributed by atoms with van der Waals surface area (Å²) in [4.78, 5) is 86.7. The summed E-state index contributed by atoms with van der Waals surface area (Å²) >= 11 is 0. The van der Waals surface area contributed by atoms with Crippen LogP contribution in [0.15, 0.2) is 48.7 Å². The molecule has 4 rings (SSSR count). The largest absolute Gasteiger partial charge is 0.497 e. The summed E-state index contributed by atoms with van der Waals surface area (Å²) in [6.45, 7) is 1.53. The van der Waals surface area contributed by atoms with Gasteiger partial charge in [0.15, 0.2) is 0 Å². The van der Waals surface area contributed by atoms with Crippen molar-refractivity contribution in [1.82, 2.24) is 26.3 Å². The van der Waals surface area contributed by atoms with E-state index in [-0.39, 0.29) is 25.8 Å². The van der Waals surface area contributed by atoms with Crippen LogP contribution < -0.4 is 31.7 Å². The van der Waals surface area contributed by atoms with Gasteiger partial charge in [-0.05, 0) is 54.5 Å². The Hall–Kier alpha value is -4.72. The number of hydrogen-bond donors (Lipinski definition) is 8. The molecule has 1 heterocycles. The van der Waals surface area contributed by atoms with Gasteiger partial charge in [0.25, 0.3) is 0 Å². The van der Waals surface area contributed by atoms with Crippen molar-refractivity contribution in [3.63, 3.8) is 0 Å². The number of amides is 5. The number of methoxy groups -OCH3 is 1. The second kappa shape index (κ2) is 17.5. The summed E-state index contributed by atoms with van der Waals surface area (Å²) in [5.41, 5.74) is 7.07. The maximum Gasteiger partial charge on any atom is 0.329 e. The van der Waals surface area contributed by atoms with Gasteiger partial charge in [-0.1, -0.05) is 43.5 Å². The van der Waals surface area contributed by atoms with Crippen LogP contribution in [0.3, 0.4) is 0 Å². The molecule has 1 saturated carbocycles. The third-order valence-electron chi connectivity index (χ3n) is 8.97. The lowest BCUT2D eigenvalue weighted by molar-refractivity contribution is -0.139. The molecule has 9 N–H and O–H groups in total. The van der Waals surface area contributed by atoms with Gasteiger partial charge in [-0.2, -0.15) is 0 Å². The molecular formula is C35H47N6O9P. The summed E-state index contributed by atoms with van der Waals surface area (Å²) in [5.74, 6) is -2.36. The monoisotopic (exact) mass is 726 g/mol. The van der Waals surface area contributed by atoms with Crippen molar-refractivity contribution in [1.29, 1.82) is 0 Å². The molecule has 1 fully saturated rings. The van der Waals surface area contributed by atoms with Crippen LogP contribution in [0.4, 0.5) is 0 Å². The minimum Gasteiger partial charge on any atom is -0.497 e. The highest BCUT2D eigenvalue weighted by Crippen LogP contribution is 2.39. The van der Waals surface area contributed by atoms with Crippen LogP contribution in [0.1, 0.15) is 68.6 Å². The lowest BCUT2D eigenvalue weighted by Crippen LogP contribution is -2.65. The number of benzene rings is 2. The molecule has 16 heteroatoms. The van der Waals surface area contributed by atoms with Crippen molar-refractivity contribution < 1.29 is 43.1 Å². The average Bonchev–Trinajstić information content (AvgIpc) is 3.48. The van der Waals surface area contributed by atoms with Crippen molar-refractivity contribution in [2.24, 2.45) is 5.73 Å². The number of H-pyrrole nitrogens is 1. The van der Waals surface area contributed by atoms with Crippen molar-refractivity contribution in [3.8, 4) is 5.75 Å². The van der Waals surface area contributed by atoms with E-state index in [4.69, 9.17) is 10.5 Å². The summed E-state index contributed by atoms with van der Waals surface area (Å²) < 4.78 is 16.6. The van der Waals surface area contributed by atoms with Gasteiger partial charge < -0.3 is 46.5 Å². The lowest BCUT2D eigenvalue weighted by atomic mass is 9.80. The summed E-state index contributed by atoms with van der Waals surface area (Å²) in [7, 11) is -2.67. The van der Waals surface area contributed by atoms with E-state index >= 15 is 0 Å². The number of carbonyl (C=O) groups excluding carboxylic acids is 5. The van der Waals surface area contributed by atoms with Crippen LogP contribution in [0.25, 0.3) is 10.9 Å². The van der Waals surface area contributed by atoms with E-state index in [9.17, 15) is 38.3 Å². The van der Waals surface area contributed by atoms with Crippen molar-refractivity contribution >= 4 is 48.0 Å². The molecule has 51 heavy (non-hydrogen) atoms. The van der Waals surface area contributed by atoms with Crippen LogP contribution in [0, 0.1) is 0 Å². The first-order valence-electron chi connectivity index (χ1n) is 16.9. The molecule has 1 aliphatic carbocycles. The fraction of sp³-hybridized carbons (Fsp3) is 0.457. The van der Waals surface area contributed by atoms with Crippen LogP contribution >= 0.6 is 7.60 Å². The molecule has 276 valence electrons. The number of nitrogens with two attached hydrogens (primary N) is 1. The molecule has 0 unspecified atom stereocenters. The maximum absolute atomic E-state index is 13.9. The zero-order chi connectivity index (χ0) is 37.2. The Kier molecular flexibility index (Phi) is 13.4. The highest BCUT2D eigenvalue weighted by Gasteiger charge is 2.43. The number of aryl methyl sites for hydroxylation is 1. The second-order valence-corrected chi connectivity index (χ2v) is 14.7. The van der Waals surface area contributed by atoms with Crippen molar-refractivity contribution in [3.05, 3.63) is 65.4 Å². The van der Waals surface area contributed by atoms with Crippen LogP contribution in [0.5, 0.6) is 5.75 Å². The van der Waals surface area contributed by atoms with Crippen molar-refractivity contribution in [2.75, 3.05) is 13.7 Å². The van der Waals surface area contributed by atoms with Gasteiger partial charge in [0.2, 0.25) is 29.5 Å². The highest BCUT2D eigenvalue weighted by molar-refractivity contribution is 7.50. The summed E-state index contributed by atoms with van der Waals surface area (Å²) in [6, 6.07) is 9.69. The molecule has 2 aromatic carbocycles. The Morgan fingerprint density at radius 3 is 2.27 bits per heavy atom. The first-order chi connectivity index (χ1) is 24.2. The first kappa shape index (κ1) is 39.1. The van der Waals surface area contributed by atoms with Gasteiger partial charge in [-0.25, -0.2) is 0 Å². The first-order valence-corrected chi connectivity index (χ1v) is 18.7. The van der Waals surface area contributed by atoms with Crippen LogP contribution in [-0.4, -0.2) is 75.6 Å². The molecule has 0 spiro atoms. The quantitative estimate of drug-likeness (QED) is 0.0747. The van der Waals surface area contributed by atoms with Gasteiger partial charge in [0.1, 0.15) is 23.4 Å². The number of aromatic amines is 1. The fourth-order valence-electron chi connectivity index (χ4n) is 6.42. The Labute approximate surface area is 296 Å². The van der Waals surface area contributed by atoms with E-state index in [1.54, 1.807) is 19.2 Å².